The van der Waals surface area contributed by atoms with Crippen LogP contribution in [0.3, 0.4) is 0 Å². The maximum absolute atomic E-state index is 4.71. The van der Waals surface area contributed by atoms with Crippen LogP contribution in [0.1, 0.15) is 55.6 Å². The topological polar surface area (TPSA) is 24.9 Å². The lowest BCUT2D eigenvalue weighted by atomic mass is 10.1. The first kappa shape index (κ1) is 10.7. The molecule has 0 radical (unpaired) electrons. The van der Waals surface area contributed by atoms with Crippen molar-refractivity contribution in [1.29, 1.82) is 0 Å². The Kier molecular flexibility index (Phi) is 2.99. The lowest BCUT2D eigenvalue weighted by Crippen LogP contribution is -2.30. The van der Waals surface area contributed by atoms with Gasteiger partial charge in [-0.25, -0.2) is 4.98 Å². The zero-order valence-electron chi connectivity index (χ0n) is 9.91. The number of aromatic nitrogens is 1. The van der Waals surface area contributed by atoms with Crippen LogP contribution in [-0.2, 0) is 6.54 Å². The Balaban J connectivity index is 1.53. The highest BCUT2D eigenvalue weighted by Gasteiger charge is 2.26. The summed E-state index contributed by atoms with van der Waals surface area (Å²) in [5.41, 5.74) is 1.35. The third kappa shape index (κ3) is 2.30. The van der Waals surface area contributed by atoms with Crippen LogP contribution in [0.5, 0.6) is 0 Å². The smallest absolute Gasteiger partial charge is 0.107 e. The summed E-state index contributed by atoms with van der Waals surface area (Å²) in [5, 5.41) is 7.20. The maximum Gasteiger partial charge on any atom is 0.107 e. The Bertz CT molecular complexity index is 357. The van der Waals surface area contributed by atoms with Crippen LogP contribution in [0.4, 0.5) is 0 Å². The van der Waals surface area contributed by atoms with Crippen LogP contribution in [0.25, 0.3) is 0 Å². The molecular weight excluding hydrogens is 216 g/mol. The first-order valence-electron chi connectivity index (χ1n) is 6.50. The lowest BCUT2D eigenvalue weighted by Gasteiger charge is -2.15. The predicted molar refractivity (Wildman–Crippen MR) is 67.7 cm³/mol. The average molecular weight is 236 g/mol. The first-order valence-corrected chi connectivity index (χ1v) is 7.38. The van der Waals surface area contributed by atoms with Gasteiger partial charge in [0.1, 0.15) is 5.01 Å². The van der Waals surface area contributed by atoms with Gasteiger partial charge in [-0.2, -0.15) is 0 Å². The van der Waals surface area contributed by atoms with Crippen molar-refractivity contribution in [2.75, 3.05) is 0 Å². The number of nitrogens with one attached hydrogen (secondary N) is 1. The maximum atomic E-state index is 4.71. The van der Waals surface area contributed by atoms with Crippen LogP contribution in [0.2, 0.25) is 0 Å². The third-order valence-corrected chi connectivity index (χ3v) is 4.81. The highest BCUT2D eigenvalue weighted by atomic mass is 32.1. The van der Waals surface area contributed by atoms with Crippen LogP contribution in [0, 0.1) is 5.92 Å². The quantitative estimate of drug-likeness (QED) is 0.867. The van der Waals surface area contributed by atoms with Gasteiger partial charge in [0, 0.05) is 23.9 Å². The van der Waals surface area contributed by atoms with Gasteiger partial charge in [0.05, 0.1) is 5.69 Å². The minimum Gasteiger partial charge on any atom is -0.307 e. The SMILES string of the molecule is CC1CCCC1NCc1nc(C2CC2)cs1. The molecule has 3 heteroatoms. The van der Waals surface area contributed by atoms with Gasteiger partial charge in [-0.1, -0.05) is 13.3 Å². The molecule has 1 N–H and O–H groups in total. The summed E-state index contributed by atoms with van der Waals surface area (Å²) in [6.45, 7) is 3.34. The van der Waals surface area contributed by atoms with E-state index < -0.39 is 0 Å². The number of rotatable bonds is 4. The molecule has 2 fully saturated rings. The fraction of sp³-hybridized carbons (Fsp3) is 0.769. The van der Waals surface area contributed by atoms with Crippen molar-refractivity contribution in [3.05, 3.63) is 16.1 Å². The zero-order valence-corrected chi connectivity index (χ0v) is 10.7. The van der Waals surface area contributed by atoms with Crippen LogP contribution in [-0.4, -0.2) is 11.0 Å². The van der Waals surface area contributed by atoms with Gasteiger partial charge < -0.3 is 5.32 Å². The molecule has 2 aliphatic rings. The van der Waals surface area contributed by atoms with E-state index in [1.165, 1.54) is 42.8 Å². The van der Waals surface area contributed by atoms with Gasteiger partial charge in [0.15, 0.2) is 0 Å². The van der Waals surface area contributed by atoms with Gasteiger partial charge in [-0.3, -0.25) is 0 Å². The van der Waals surface area contributed by atoms with E-state index in [0.29, 0.717) is 0 Å². The molecule has 0 saturated heterocycles. The normalized spacial score (nSPS) is 29.8. The van der Waals surface area contributed by atoms with Crippen LogP contribution in [0.15, 0.2) is 5.38 Å². The monoisotopic (exact) mass is 236 g/mol. The van der Waals surface area contributed by atoms with Gasteiger partial charge in [-0.05, 0) is 31.6 Å². The summed E-state index contributed by atoms with van der Waals surface area (Å²) in [4.78, 5) is 4.71. The fourth-order valence-electron chi connectivity index (χ4n) is 2.64. The van der Waals surface area contributed by atoms with Crippen molar-refractivity contribution in [2.45, 2.75) is 57.5 Å². The second-order valence-corrected chi connectivity index (χ2v) is 6.28. The predicted octanol–water partition coefficient (Wildman–Crippen LogP) is 3.30. The summed E-state index contributed by atoms with van der Waals surface area (Å²) < 4.78 is 0. The molecule has 1 aromatic heterocycles. The molecule has 1 heterocycles. The summed E-state index contributed by atoms with van der Waals surface area (Å²) in [5.74, 6) is 1.65. The molecule has 0 bridgehead atoms. The van der Waals surface area contributed by atoms with Crippen LogP contribution < -0.4 is 5.32 Å². The Hall–Kier alpha value is -0.410. The highest BCUT2D eigenvalue weighted by Crippen LogP contribution is 2.40. The molecule has 2 aliphatic carbocycles. The molecule has 0 amide bonds. The van der Waals surface area contributed by atoms with Gasteiger partial charge in [0.2, 0.25) is 0 Å². The molecule has 2 atom stereocenters. The molecule has 0 aliphatic heterocycles. The number of thiazole rings is 1. The zero-order chi connectivity index (χ0) is 11.0. The molecule has 88 valence electrons. The second kappa shape index (κ2) is 4.46. The van der Waals surface area contributed by atoms with E-state index in [1.54, 1.807) is 0 Å². The van der Waals surface area contributed by atoms with E-state index in [4.69, 9.17) is 4.98 Å². The largest absolute Gasteiger partial charge is 0.307 e. The molecule has 2 saturated carbocycles. The number of nitrogens with zero attached hydrogens (tertiary/aromatic N) is 1. The molecule has 2 unspecified atom stereocenters. The Morgan fingerprint density at radius 1 is 1.38 bits per heavy atom. The summed E-state index contributed by atoms with van der Waals surface area (Å²) in [6.07, 6.45) is 6.85. The summed E-state index contributed by atoms with van der Waals surface area (Å²) in [6, 6.07) is 0.730. The number of hydrogen-bond donors (Lipinski definition) is 1. The third-order valence-electron chi connectivity index (χ3n) is 3.94. The minimum absolute atomic E-state index is 0.730. The molecule has 1 aromatic rings. The van der Waals surface area contributed by atoms with Gasteiger partial charge >= 0.3 is 0 Å². The van der Waals surface area contributed by atoms with Crippen molar-refractivity contribution >= 4 is 11.3 Å². The van der Waals surface area contributed by atoms with Crippen molar-refractivity contribution in [3.63, 3.8) is 0 Å². The summed E-state index contributed by atoms with van der Waals surface area (Å²) >= 11 is 1.83. The highest BCUT2D eigenvalue weighted by molar-refractivity contribution is 7.09. The van der Waals surface area contributed by atoms with E-state index >= 15 is 0 Å². The van der Waals surface area contributed by atoms with E-state index in [-0.39, 0.29) is 0 Å². The Morgan fingerprint density at radius 2 is 2.25 bits per heavy atom. The molecular formula is C13H20N2S. The van der Waals surface area contributed by atoms with Crippen LogP contribution >= 0.6 is 11.3 Å². The fourth-order valence-corrected chi connectivity index (χ4v) is 3.47. The molecule has 3 rings (SSSR count). The molecule has 0 spiro atoms. The van der Waals surface area contributed by atoms with Crippen molar-refractivity contribution in [3.8, 4) is 0 Å². The van der Waals surface area contributed by atoms with E-state index in [1.807, 2.05) is 11.3 Å². The van der Waals surface area contributed by atoms with Crippen molar-refractivity contribution < 1.29 is 0 Å². The Labute approximate surface area is 101 Å². The first-order chi connectivity index (χ1) is 7.83. The van der Waals surface area contributed by atoms with E-state index in [9.17, 15) is 0 Å². The van der Waals surface area contributed by atoms with E-state index in [2.05, 4.69) is 17.6 Å². The molecule has 16 heavy (non-hydrogen) atoms. The molecule has 0 aromatic carbocycles. The second-order valence-electron chi connectivity index (χ2n) is 5.34. The molecule has 2 nitrogen and oxygen atoms in total. The minimum atomic E-state index is 0.730. The lowest BCUT2D eigenvalue weighted by molar-refractivity contribution is 0.425. The Morgan fingerprint density at radius 3 is 2.94 bits per heavy atom. The standard InChI is InChI=1S/C13H20N2S/c1-9-3-2-4-11(9)14-7-13-15-12(8-16-13)10-5-6-10/h8-11,14H,2-7H2,1H3. The summed E-state index contributed by atoms with van der Waals surface area (Å²) in [7, 11) is 0. The van der Waals surface area contributed by atoms with Crippen molar-refractivity contribution in [2.24, 2.45) is 5.92 Å². The van der Waals surface area contributed by atoms with Gasteiger partial charge in [-0.15, -0.1) is 11.3 Å². The average Bonchev–Trinajstić information content (AvgIpc) is 2.89. The van der Waals surface area contributed by atoms with Crippen molar-refractivity contribution in [1.82, 2.24) is 10.3 Å². The van der Waals surface area contributed by atoms with E-state index in [0.717, 1.165) is 24.4 Å². The van der Waals surface area contributed by atoms with Gasteiger partial charge in [0.25, 0.3) is 0 Å². The number of hydrogen-bond acceptors (Lipinski definition) is 3.